The molecule has 1 unspecified atom stereocenters. The van der Waals surface area contributed by atoms with E-state index in [0.717, 1.165) is 18.4 Å². The lowest BCUT2D eigenvalue weighted by molar-refractivity contribution is -0.152. The Morgan fingerprint density at radius 3 is 2.74 bits per heavy atom. The van der Waals surface area contributed by atoms with Crippen molar-refractivity contribution < 1.29 is 19.1 Å². The highest BCUT2D eigenvalue weighted by Crippen LogP contribution is 2.12. The first kappa shape index (κ1) is 20.9. The summed E-state index contributed by atoms with van der Waals surface area (Å²) in [6.45, 7) is 3.97. The highest BCUT2D eigenvalue weighted by Gasteiger charge is 2.35. The second kappa shape index (κ2) is 10.7. The van der Waals surface area contributed by atoms with Gasteiger partial charge in [-0.05, 0) is 19.0 Å². The third-order valence-electron chi connectivity index (χ3n) is 4.47. The van der Waals surface area contributed by atoms with Crippen molar-refractivity contribution in [2.45, 2.75) is 38.8 Å². The molecule has 148 valence electrons. The molecule has 1 N–H and O–H groups in total. The number of likely N-dealkylation sites (N-methyl/N-ethyl adjacent to an activating group) is 1. The molecule has 2 rings (SSSR count). The predicted octanol–water partition coefficient (Wildman–Crippen LogP) is 1.18. The molecule has 0 aliphatic carbocycles. The van der Waals surface area contributed by atoms with Gasteiger partial charge in [0.1, 0.15) is 6.04 Å². The molecule has 0 bridgehead atoms. The first-order valence-electron chi connectivity index (χ1n) is 9.46. The van der Waals surface area contributed by atoms with E-state index < -0.39 is 12.0 Å². The SMILES string of the molecule is CCCCOC(=O)CC1C(=O)NCCN1C(=O)CN(C)Cc1ccccc1. The van der Waals surface area contributed by atoms with E-state index in [2.05, 4.69) is 5.32 Å². The van der Waals surface area contributed by atoms with Gasteiger partial charge in [-0.25, -0.2) is 0 Å². The Bertz CT molecular complexity index is 635. The summed E-state index contributed by atoms with van der Waals surface area (Å²) in [4.78, 5) is 40.4. The van der Waals surface area contributed by atoms with E-state index in [1.807, 2.05) is 49.2 Å². The van der Waals surface area contributed by atoms with Crippen molar-refractivity contribution in [1.82, 2.24) is 15.1 Å². The molecule has 1 aromatic carbocycles. The number of unbranched alkanes of at least 4 members (excludes halogenated alkanes) is 1. The zero-order valence-electron chi connectivity index (χ0n) is 16.1. The standard InChI is InChI=1S/C20H29N3O4/c1-3-4-12-27-19(25)13-17-20(26)21-10-11-23(17)18(24)15-22(2)14-16-8-6-5-7-9-16/h5-9,17H,3-4,10-15H2,1-2H3,(H,21,26). The van der Waals surface area contributed by atoms with Crippen molar-refractivity contribution in [1.29, 1.82) is 0 Å². The van der Waals surface area contributed by atoms with E-state index >= 15 is 0 Å². The minimum Gasteiger partial charge on any atom is -0.466 e. The summed E-state index contributed by atoms with van der Waals surface area (Å²) in [5, 5.41) is 2.73. The van der Waals surface area contributed by atoms with Crippen LogP contribution in [0, 0.1) is 0 Å². The highest BCUT2D eigenvalue weighted by atomic mass is 16.5. The number of hydrogen-bond acceptors (Lipinski definition) is 5. The molecular formula is C20H29N3O4. The molecular weight excluding hydrogens is 346 g/mol. The minimum atomic E-state index is -0.800. The van der Waals surface area contributed by atoms with Crippen molar-refractivity contribution in [3.8, 4) is 0 Å². The van der Waals surface area contributed by atoms with Gasteiger partial charge in [-0.2, -0.15) is 0 Å². The molecule has 1 aromatic rings. The number of carbonyl (C=O) groups is 3. The van der Waals surface area contributed by atoms with Crippen molar-refractivity contribution in [2.24, 2.45) is 0 Å². The van der Waals surface area contributed by atoms with Gasteiger partial charge in [-0.3, -0.25) is 19.3 Å². The minimum absolute atomic E-state index is 0.107. The fourth-order valence-corrected chi connectivity index (χ4v) is 3.04. The largest absolute Gasteiger partial charge is 0.466 e. The Balaban J connectivity index is 1.92. The second-order valence-electron chi connectivity index (χ2n) is 6.83. The second-order valence-corrected chi connectivity index (χ2v) is 6.83. The quantitative estimate of drug-likeness (QED) is 0.518. The molecule has 0 aromatic heterocycles. The molecule has 1 aliphatic rings. The monoisotopic (exact) mass is 375 g/mol. The number of nitrogens with zero attached hydrogens (tertiary/aromatic N) is 2. The van der Waals surface area contributed by atoms with Crippen LogP contribution in [0.25, 0.3) is 0 Å². The molecule has 1 heterocycles. The van der Waals surface area contributed by atoms with Crippen molar-refractivity contribution in [3.05, 3.63) is 35.9 Å². The van der Waals surface area contributed by atoms with Crippen molar-refractivity contribution in [2.75, 3.05) is 33.3 Å². The number of amides is 2. The summed E-state index contributed by atoms with van der Waals surface area (Å²) in [5.41, 5.74) is 1.11. The first-order chi connectivity index (χ1) is 13.0. The van der Waals surface area contributed by atoms with Crippen LogP contribution in [0.2, 0.25) is 0 Å². The Morgan fingerprint density at radius 2 is 2.04 bits per heavy atom. The van der Waals surface area contributed by atoms with Gasteiger partial charge < -0.3 is 15.0 Å². The summed E-state index contributed by atoms with van der Waals surface area (Å²) in [7, 11) is 1.86. The van der Waals surface area contributed by atoms with Crippen LogP contribution in [-0.4, -0.2) is 66.9 Å². The van der Waals surface area contributed by atoms with Gasteiger partial charge in [0.05, 0.1) is 19.6 Å². The number of ether oxygens (including phenoxy) is 1. The number of nitrogens with one attached hydrogen (secondary N) is 1. The summed E-state index contributed by atoms with van der Waals surface area (Å²) < 4.78 is 5.15. The van der Waals surface area contributed by atoms with E-state index in [4.69, 9.17) is 4.74 Å². The molecule has 0 saturated carbocycles. The van der Waals surface area contributed by atoms with Crippen molar-refractivity contribution >= 4 is 17.8 Å². The maximum absolute atomic E-state index is 12.7. The Morgan fingerprint density at radius 1 is 1.30 bits per heavy atom. The molecule has 7 heteroatoms. The first-order valence-corrected chi connectivity index (χ1v) is 9.46. The molecule has 0 radical (unpaired) electrons. The van der Waals surface area contributed by atoms with Gasteiger partial charge in [0, 0.05) is 19.6 Å². The Hall–Kier alpha value is -2.41. The van der Waals surface area contributed by atoms with Crippen molar-refractivity contribution in [3.63, 3.8) is 0 Å². The smallest absolute Gasteiger partial charge is 0.308 e. The molecule has 1 atom stereocenters. The maximum Gasteiger partial charge on any atom is 0.308 e. The van der Waals surface area contributed by atoms with E-state index in [9.17, 15) is 14.4 Å². The number of piperazine rings is 1. The van der Waals surface area contributed by atoms with Crippen LogP contribution in [0.5, 0.6) is 0 Å². The number of benzene rings is 1. The third kappa shape index (κ3) is 6.67. The van der Waals surface area contributed by atoms with Crippen LogP contribution in [0.1, 0.15) is 31.7 Å². The summed E-state index contributed by atoms with van der Waals surface area (Å²) in [5.74, 6) is -0.900. The van der Waals surface area contributed by atoms with Gasteiger partial charge in [-0.1, -0.05) is 43.7 Å². The normalized spacial score (nSPS) is 16.9. The van der Waals surface area contributed by atoms with Gasteiger partial charge in [0.15, 0.2) is 0 Å². The summed E-state index contributed by atoms with van der Waals surface area (Å²) in [6, 6.07) is 9.07. The zero-order valence-corrected chi connectivity index (χ0v) is 16.1. The van der Waals surface area contributed by atoms with Gasteiger partial charge >= 0.3 is 5.97 Å². The van der Waals surface area contributed by atoms with E-state index in [-0.39, 0.29) is 24.8 Å². The molecule has 7 nitrogen and oxygen atoms in total. The average molecular weight is 375 g/mol. The lowest BCUT2D eigenvalue weighted by Gasteiger charge is -2.35. The number of carbonyl (C=O) groups excluding carboxylic acids is 3. The molecule has 27 heavy (non-hydrogen) atoms. The molecule has 2 amide bonds. The Labute approximate surface area is 160 Å². The number of esters is 1. The Kier molecular flexibility index (Phi) is 8.26. The van der Waals surface area contributed by atoms with Crippen LogP contribution in [0.15, 0.2) is 30.3 Å². The fraction of sp³-hybridized carbons (Fsp3) is 0.550. The van der Waals surface area contributed by atoms with E-state index in [0.29, 0.717) is 26.2 Å². The lowest BCUT2D eigenvalue weighted by Crippen LogP contribution is -2.59. The third-order valence-corrected chi connectivity index (χ3v) is 4.47. The van der Waals surface area contributed by atoms with Crippen LogP contribution in [0.4, 0.5) is 0 Å². The summed E-state index contributed by atoms with van der Waals surface area (Å²) >= 11 is 0. The molecule has 0 spiro atoms. The van der Waals surface area contributed by atoms with Crippen LogP contribution in [0.3, 0.4) is 0 Å². The van der Waals surface area contributed by atoms with Crippen LogP contribution < -0.4 is 5.32 Å². The lowest BCUT2D eigenvalue weighted by atomic mass is 10.1. The molecule has 1 saturated heterocycles. The predicted molar refractivity (Wildman–Crippen MR) is 102 cm³/mol. The van der Waals surface area contributed by atoms with Gasteiger partial charge in [0.25, 0.3) is 0 Å². The zero-order chi connectivity index (χ0) is 19.6. The highest BCUT2D eigenvalue weighted by molar-refractivity contribution is 5.92. The number of rotatable bonds is 9. The fourth-order valence-electron chi connectivity index (χ4n) is 3.04. The summed E-state index contributed by atoms with van der Waals surface area (Å²) in [6.07, 6.45) is 1.61. The van der Waals surface area contributed by atoms with Crippen LogP contribution >= 0.6 is 0 Å². The van der Waals surface area contributed by atoms with Gasteiger partial charge in [-0.15, -0.1) is 0 Å². The maximum atomic E-state index is 12.7. The van der Waals surface area contributed by atoms with Crippen LogP contribution in [-0.2, 0) is 25.7 Å². The molecule has 1 fully saturated rings. The van der Waals surface area contributed by atoms with Gasteiger partial charge in [0.2, 0.25) is 11.8 Å². The topological polar surface area (TPSA) is 79.0 Å². The molecule has 1 aliphatic heterocycles. The van der Waals surface area contributed by atoms with E-state index in [1.54, 1.807) is 0 Å². The van der Waals surface area contributed by atoms with E-state index in [1.165, 1.54) is 4.90 Å². The number of hydrogen-bond donors (Lipinski definition) is 1. The average Bonchev–Trinajstić information content (AvgIpc) is 2.64.